The van der Waals surface area contributed by atoms with E-state index in [-0.39, 0.29) is 24.1 Å². The van der Waals surface area contributed by atoms with E-state index in [9.17, 15) is 9.18 Å². The summed E-state index contributed by atoms with van der Waals surface area (Å²) in [4.78, 5) is 11.5. The highest BCUT2D eigenvalue weighted by Crippen LogP contribution is 2.33. The van der Waals surface area contributed by atoms with Crippen LogP contribution in [0.25, 0.3) is 0 Å². The molecule has 1 aliphatic carbocycles. The summed E-state index contributed by atoms with van der Waals surface area (Å²) in [7, 11) is 0. The van der Waals surface area contributed by atoms with E-state index in [0.717, 1.165) is 0 Å². The van der Waals surface area contributed by atoms with E-state index in [1.807, 2.05) is 0 Å². The molecule has 0 heterocycles. The number of anilines is 1. The van der Waals surface area contributed by atoms with Crippen molar-refractivity contribution < 1.29 is 9.18 Å². The van der Waals surface area contributed by atoms with Gasteiger partial charge in [-0.15, -0.1) is 12.4 Å². The van der Waals surface area contributed by atoms with Crippen LogP contribution in [0.3, 0.4) is 0 Å². The number of halogens is 2. The van der Waals surface area contributed by atoms with Crippen LogP contribution in [0.5, 0.6) is 0 Å². The zero-order valence-electron chi connectivity index (χ0n) is 8.92. The number of carbonyl (C=O) groups excluding carboxylic acids is 1. The summed E-state index contributed by atoms with van der Waals surface area (Å²) in [5.74, 6) is -0.555. The van der Waals surface area contributed by atoms with E-state index in [1.54, 1.807) is 19.1 Å². The number of nitrogens with two attached hydrogens (primary N) is 1. The van der Waals surface area contributed by atoms with E-state index in [0.29, 0.717) is 24.1 Å². The number of hydrogen-bond donors (Lipinski definition) is 2. The number of carbonyl (C=O) groups is 1. The lowest BCUT2D eigenvalue weighted by molar-refractivity contribution is -0.118. The number of amides is 1. The lowest BCUT2D eigenvalue weighted by Gasteiger charge is -2.10. The summed E-state index contributed by atoms with van der Waals surface area (Å²) in [6.07, 6.45) is 1.40. The summed E-state index contributed by atoms with van der Waals surface area (Å²) in [6.45, 7) is 1.67. The molecule has 0 atom stereocenters. The molecule has 0 aromatic heterocycles. The zero-order chi connectivity index (χ0) is 11.1. The average Bonchev–Trinajstić information content (AvgIpc) is 2.92. The summed E-state index contributed by atoms with van der Waals surface area (Å²) < 4.78 is 13.2. The van der Waals surface area contributed by atoms with Crippen LogP contribution >= 0.6 is 12.4 Å². The molecule has 3 N–H and O–H groups in total. The fraction of sp³-hybridized carbons (Fsp3) is 0.364. The monoisotopic (exact) mass is 244 g/mol. The first-order chi connectivity index (χ1) is 7.01. The quantitative estimate of drug-likeness (QED) is 0.836. The van der Waals surface area contributed by atoms with Gasteiger partial charge in [0.15, 0.2) is 0 Å². The van der Waals surface area contributed by atoms with Crippen molar-refractivity contribution in [3.8, 4) is 0 Å². The molecule has 16 heavy (non-hydrogen) atoms. The Balaban J connectivity index is 0.00000128. The molecular formula is C11H14ClFN2O. The van der Waals surface area contributed by atoms with Crippen molar-refractivity contribution in [3.05, 3.63) is 29.6 Å². The van der Waals surface area contributed by atoms with Crippen LogP contribution in [-0.2, 0) is 4.79 Å². The maximum atomic E-state index is 13.2. The van der Waals surface area contributed by atoms with Gasteiger partial charge in [-0.05, 0) is 37.5 Å². The van der Waals surface area contributed by atoms with Crippen molar-refractivity contribution in [3.63, 3.8) is 0 Å². The van der Waals surface area contributed by atoms with Crippen LogP contribution in [0.15, 0.2) is 18.2 Å². The SMILES string of the molecule is Cc1ccc(NC(=O)C2(N)CC2)cc1F.Cl. The maximum absolute atomic E-state index is 13.2. The normalized spacial score (nSPS) is 16.2. The lowest BCUT2D eigenvalue weighted by atomic mass is 10.2. The van der Waals surface area contributed by atoms with Gasteiger partial charge in [0.25, 0.3) is 0 Å². The van der Waals surface area contributed by atoms with Crippen molar-refractivity contribution >= 4 is 24.0 Å². The fourth-order valence-corrected chi connectivity index (χ4v) is 1.29. The predicted molar refractivity (Wildman–Crippen MR) is 63.2 cm³/mol. The second-order valence-electron chi connectivity index (χ2n) is 4.07. The first kappa shape index (κ1) is 12.9. The van der Waals surface area contributed by atoms with Crippen LogP contribution in [0.1, 0.15) is 18.4 Å². The van der Waals surface area contributed by atoms with Gasteiger partial charge in [0.1, 0.15) is 5.82 Å². The average molecular weight is 245 g/mol. The molecule has 1 fully saturated rings. The van der Waals surface area contributed by atoms with Crippen molar-refractivity contribution in [1.82, 2.24) is 0 Å². The fourth-order valence-electron chi connectivity index (χ4n) is 1.29. The van der Waals surface area contributed by atoms with Gasteiger partial charge in [0, 0.05) is 5.69 Å². The molecule has 1 aromatic rings. The largest absolute Gasteiger partial charge is 0.324 e. The molecule has 1 aliphatic rings. The molecule has 1 aromatic carbocycles. The third kappa shape index (κ3) is 2.51. The second kappa shape index (κ2) is 4.39. The summed E-state index contributed by atoms with van der Waals surface area (Å²) in [5.41, 5.74) is 5.99. The standard InChI is InChI=1S/C11H13FN2O.ClH/c1-7-2-3-8(6-9(7)12)14-10(15)11(13)4-5-11;/h2-3,6H,4-5,13H2,1H3,(H,14,15);1H. The van der Waals surface area contributed by atoms with Crippen LogP contribution in [0.4, 0.5) is 10.1 Å². The molecular weight excluding hydrogens is 231 g/mol. The molecule has 88 valence electrons. The second-order valence-corrected chi connectivity index (χ2v) is 4.07. The van der Waals surface area contributed by atoms with Crippen LogP contribution < -0.4 is 11.1 Å². The molecule has 1 saturated carbocycles. The highest BCUT2D eigenvalue weighted by atomic mass is 35.5. The van der Waals surface area contributed by atoms with Gasteiger partial charge in [0.05, 0.1) is 5.54 Å². The molecule has 2 rings (SSSR count). The third-order valence-electron chi connectivity index (χ3n) is 2.67. The molecule has 1 amide bonds. The van der Waals surface area contributed by atoms with Crippen molar-refractivity contribution in [2.24, 2.45) is 5.73 Å². The first-order valence-corrected chi connectivity index (χ1v) is 4.88. The van der Waals surface area contributed by atoms with Gasteiger partial charge in [-0.2, -0.15) is 0 Å². The Bertz CT molecular complexity index is 418. The highest BCUT2D eigenvalue weighted by molar-refractivity contribution is 6.00. The number of nitrogens with one attached hydrogen (secondary N) is 1. The molecule has 5 heteroatoms. The third-order valence-corrected chi connectivity index (χ3v) is 2.67. The zero-order valence-corrected chi connectivity index (χ0v) is 9.73. The number of rotatable bonds is 2. The smallest absolute Gasteiger partial charge is 0.244 e. The lowest BCUT2D eigenvalue weighted by Crippen LogP contribution is -2.37. The Labute approximate surface area is 99.6 Å². The Kier molecular flexibility index (Phi) is 3.55. The molecule has 3 nitrogen and oxygen atoms in total. The molecule has 0 spiro atoms. The molecule has 0 radical (unpaired) electrons. The van der Waals surface area contributed by atoms with Crippen LogP contribution in [0, 0.1) is 12.7 Å². The van der Waals surface area contributed by atoms with Crippen LogP contribution in [0.2, 0.25) is 0 Å². The topological polar surface area (TPSA) is 55.1 Å². The first-order valence-electron chi connectivity index (χ1n) is 4.88. The Hall–Kier alpha value is -1.13. The summed E-state index contributed by atoms with van der Waals surface area (Å²) in [6, 6.07) is 4.60. The van der Waals surface area contributed by atoms with Gasteiger partial charge < -0.3 is 11.1 Å². The highest BCUT2D eigenvalue weighted by Gasteiger charge is 2.45. The van der Waals surface area contributed by atoms with E-state index in [2.05, 4.69) is 5.32 Å². The van der Waals surface area contributed by atoms with E-state index < -0.39 is 5.54 Å². The van der Waals surface area contributed by atoms with Crippen molar-refractivity contribution in [1.29, 1.82) is 0 Å². The van der Waals surface area contributed by atoms with Gasteiger partial charge in [-0.3, -0.25) is 4.79 Å². The summed E-state index contributed by atoms with van der Waals surface area (Å²) in [5, 5.41) is 2.61. The Morgan fingerprint density at radius 1 is 1.50 bits per heavy atom. The maximum Gasteiger partial charge on any atom is 0.244 e. The van der Waals surface area contributed by atoms with E-state index >= 15 is 0 Å². The van der Waals surface area contributed by atoms with Gasteiger partial charge in [-0.1, -0.05) is 6.07 Å². The molecule has 0 saturated heterocycles. The summed E-state index contributed by atoms with van der Waals surface area (Å²) >= 11 is 0. The predicted octanol–water partition coefficient (Wildman–Crippen LogP) is 1.99. The Morgan fingerprint density at radius 3 is 2.62 bits per heavy atom. The molecule has 0 bridgehead atoms. The van der Waals surface area contributed by atoms with Gasteiger partial charge in [0.2, 0.25) is 5.91 Å². The minimum absolute atomic E-state index is 0. The number of hydrogen-bond acceptors (Lipinski definition) is 2. The van der Waals surface area contributed by atoms with E-state index in [4.69, 9.17) is 5.73 Å². The van der Waals surface area contributed by atoms with E-state index in [1.165, 1.54) is 6.07 Å². The van der Waals surface area contributed by atoms with Crippen LogP contribution in [-0.4, -0.2) is 11.4 Å². The van der Waals surface area contributed by atoms with Gasteiger partial charge >= 0.3 is 0 Å². The minimum atomic E-state index is -0.721. The number of benzene rings is 1. The van der Waals surface area contributed by atoms with Crippen molar-refractivity contribution in [2.75, 3.05) is 5.32 Å². The number of aryl methyl sites for hydroxylation is 1. The Morgan fingerprint density at radius 2 is 2.12 bits per heavy atom. The van der Waals surface area contributed by atoms with Crippen molar-refractivity contribution in [2.45, 2.75) is 25.3 Å². The van der Waals surface area contributed by atoms with Gasteiger partial charge in [-0.25, -0.2) is 4.39 Å². The molecule has 0 unspecified atom stereocenters. The minimum Gasteiger partial charge on any atom is -0.324 e. The molecule has 0 aliphatic heterocycles.